The fourth-order valence-electron chi connectivity index (χ4n) is 2.25. The quantitative estimate of drug-likeness (QED) is 0.581. The lowest BCUT2D eigenvalue weighted by molar-refractivity contribution is -0.201. The van der Waals surface area contributed by atoms with Crippen molar-refractivity contribution in [2.24, 2.45) is 0 Å². The second-order valence-corrected chi connectivity index (χ2v) is 4.95. The number of H-pyrrole nitrogens is 1. The number of hydrogen-bond donors (Lipinski definition) is 4. The lowest BCUT2D eigenvalue weighted by atomic mass is 10.1. The molecule has 116 valence electrons. The molecular weight excluding hydrogens is 274 g/mol. The topological polar surface area (TPSA) is 94.9 Å². The molecule has 0 amide bonds. The van der Waals surface area contributed by atoms with Gasteiger partial charge in [-0.2, -0.15) is 0 Å². The van der Waals surface area contributed by atoms with E-state index in [1.54, 1.807) is 6.20 Å². The van der Waals surface area contributed by atoms with Gasteiger partial charge in [-0.15, -0.1) is 0 Å². The van der Waals surface area contributed by atoms with Crippen molar-refractivity contribution >= 4 is 12.2 Å². The van der Waals surface area contributed by atoms with Crippen molar-refractivity contribution < 1.29 is 24.8 Å². The van der Waals surface area contributed by atoms with Crippen molar-refractivity contribution in [2.45, 2.75) is 38.3 Å². The van der Waals surface area contributed by atoms with E-state index >= 15 is 0 Å². The summed E-state index contributed by atoms with van der Waals surface area (Å²) >= 11 is 0. The van der Waals surface area contributed by atoms with Crippen molar-refractivity contribution in [3.63, 3.8) is 0 Å². The van der Waals surface area contributed by atoms with Gasteiger partial charge in [0.05, 0.1) is 18.8 Å². The molecule has 1 fully saturated rings. The van der Waals surface area contributed by atoms with E-state index in [4.69, 9.17) is 14.6 Å². The molecule has 0 aromatic carbocycles. The van der Waals surface area contributed by atoms with E-state index in [2.05, 4.69) is 4.98 Å². The van der Waals surface area contributed by atoms with Gasteiger partial charge >= 0.3 is 0 Å². The van der Waals surface area contributed by atoms with Crippen LogP contribution in [0.15, 0.2) is 24.3 Å². The summed E-state index contributed by atoms with van der Waals surface area (Å²) in [6.45, 7) is 1.74. The third-order valence-electron chi connectivity index (χ3n) is 3.30. The van der Waals surface area contributed by atoms with Crippen LogP contribution in [0.5, 0.6) is 0 Å². The number of rotatable bonds is 4. The molecule has 0 bridgehead atoms. The molecule has 1 aliphatic heterocycles. The highest BCUT2D eigenvalue weighted by atomic mass is 16.7. The zero-order valence-electron chi connectivity index (χ0n) is 11.9. The highest BCUT2D eigenvalue weighted by molar-refractivity contribution is 5.40. The summed E-state index contributed by atoms with van der Waals surface area (Å²) in [4.78, 5) is 3.00. The van der Waals surface area contributed by atoms with Crippen LogP contribution in [0.2, 0.25) is 0 Å². The zero-order valence-corrected chi connectivity index (χ0v) is 11.9. The SMILES string of the molecule is C/C=c1/cc[nH]/c1=C/C(O)=C/OC1CC(O)CC(CO)O1. The molecule has 1 aliphatic rings. The van der Waals surface area contributed by atoms with E-state index < -0.39 is 18.5 Å². The number of nitrogens with one attached hydrogen (secondary N) is 1. The first-order chi connectivity index (χ1) is 10.1. The molecule has 2 heterocycles. The van der Waals surface area contributed by atoms with Crippen molar-refractivity contribution in [2.75, 3.05) is 6.61 Å². The summed E-state index contributed by atoms with van der Waals surface area (Å²) in [7, 11) is 0. The Bertz CT molecular complexity index is 591. The average Bonchev–Trinajstić information content (AvgIpc) is 2.91. The third-order valence-corrected chi connectivity index (χ3v) is 3.30. The lowest BCUT2D eigenvalue weighted by Gasteiger charge is -2.31. The molecule has 0 spiro atoms. The zero-order chi connectivity index (χ0) is 15.2. The molecular formula is C15H21NO5. The third kappa shape index (κ3) is 4.35. The Morgan fingerprint density at radius 2 is 2.33 bits per heavy atom. The highest BCUT2D eigenvalue weighted by Crippen LogP contribution is 2.20. The van der Waals surface area contributed by atoms with Gasteiger partial charge in [0.25, 0.3) is 0 Å². The molecule has 1 saturated heterocycles. The normalized spacial score (nSPS) is 28.9. The van der Waals surface area contributed by atoms with Crippen LogP contribution >= 0.6 is 0 Å². The maximum atomic E-state index is 9.84. The van der Waals surface area contributed by atoms with Gasteiger partial charge in [0, 0.05) is 30.5 Å². The fourth-order valence-corrected chi connectivity index (χ4v) is 2.25. The minimum atomic E-state index is -0.678. The predicted octanol–water partition coefficient (Wildman–Crippen LogP) is -0.130. The number of aromatic nitrogens is 1. The van der Waals surface area contributed by atoms with Crippen molar-refractivity contribution in [1.29, 1.82) is 0 Å². The van der Waals surface area contributed by atoms with Gasteiger partial charge in [0.15, 0.2) is 5.76 Å². The van der Waals surface area contributed by atoms with Gasteiger partial charge in [-0.3, -0.25) is 0 Å². The highest BCUT2D eigenvalue weighted by Gasteiger charge is 2.28. The Morgan fingerprint density at radius 3 is 3.05 bits per heavy atom. The molecule has 2 rings (SSSR count). The summed E-state index contributed by atoms with van der Waals surface area (Å²) in [6, 6.07) is 1.90. The molecule has 0 aliphatic carbocycles. The molecule has 3 atom stereocenters. The predicted molar refractivity (Wildman–Crippen MR) is 77.4 cm³/mol. The van der Waals surface area contributed by atoms with Gasteiger partial charge < -0.3 is 29.8 Å². The van der Waals surface area contributed by atoms with Crippen LogP contribution in [-0.2, 0) is 9.47 Å². The van der Waals surface area contributed by atoms with Crippen LogP contribution in [0, 0.1) is 0 Å². The minimum Gasteiger partial charge on any atom is -0.505 e. The molecule has 0 radical (unpaired) electrons. The van der Waals surface area contributed by atoms with Crippen LogP contribution < -0.4 is 10.6 Å². The number of ether oxygens (including phenoxy) is 2. The monoisotopic (exact) mass is 295 g/mol. The Morgan fingerprint density at radius 1 is 1.52 bits per heavy atom. The van der Waals surface area contributed by atoms with Crippen LogP contribution in [0.1, 0.15) is 19.8 Å². The van der Waals surface area contributed by atoms with E-state index in [0.717, 1.165) is 10.6 Å². The standard InChI is InChI=1S/C15H21NO5/c1-2-10-3-4-16-14(10)6-12(19)9-20-15-7-11(18)5-13(8-17)21-15/h2-4,6,9,11,13,15-19H,5,7-8H2,1H3/b10-2-,12-9-,14-6+. The summed E-state index contributed by atoms with van der Waals surface area (Å²) in [5, 5.41) is 30.3. The van der Waals surface area contributed by atoms with E-state index in [0.29, 0.717) is 12.8 Å². The van der Waals surface area contributed by atoms with Crippen molar-refractivity contribution in [1.82, 2.24) is 4.98 Å². The average molecular weight is 295 g/mol. The van der Waals surface area contributed by atoms with Crippen LogP contribution in [0.4, 0.5) is 0 Å². The van der Waals surface area contributed by atoms with Gasteiger partial charge in [-0.25, -0.2) is 0 Å². The Kier molecular flexibility index (Phi) is 5.44. The molecule has 1 aromatic rings. The van der Waals surface area contributed by atoms with Gasteiger partial charge in [0.2, 0.25) is 6.29 Å². The summed E-state index contributed by atoms with van der Waals surface area (Å²) in [5.74, 6) is -0.0650. The van der Waals surface area contributed by atoms with Crippen molar-refractivity contribution in [3.05, 3.63) is 34.9 Å². The lowest BCUT2D eigenvalue weighted by Crippen LogP contribution is -2.38. The Labute approximate surface area is 122 Å². The molecule has 21 heavy (non-hydrogen) atoms. The first-order valence-corrected chi connectivity index (χ1v) is 6.92. The van der Waals surface area contributed by atoms with Gasteiger partial charge in [-0.1, -0.05) is 6.08 Å². The van der Waals surface area contributed by atoms with E-state index in [1.807, 2.05) is 19.1 Å². The molecule has 0 saturated carbocycles. The number of allylic oxidation sites excluding steroid dienone is 1. The van der Waals surface area contributed by atoms with Crippen LogP contribution in [0.25, 0.3) is 12.2 Å². The molecule has 6 heteroatoms. The second-order valence-electron chi connectivity index (χ2n) is 4.95. The number of aromatic amines is 1. The van der Waals surface area contributed by atoms with Crippen LogP contribution in [-0.4, -0.2) is 45.4 Å². The number of aliphatic hydroxyl groups excluding tert-OH is 3. The minimum absolute atomic E-state index is 0.0650. The molecule has 6 nitrogen and oxygen atoms in total. The smallest absolute Gasteiger partial charge is 0.201 e. The second kappa shape index (κ2) is 7.31. The molecule has 3 unspecified atom stereocenters. The fraction of sp³-hybridized carbons (Fsp3) is 0.467. The van der Waals surface area contributed by atoms with Gasteiger partial charge in [0.1, 0.15) is 6.26 Å². The first kappa shape index (κ1) is 15.6. The van der Waals surface area contributed by atoms with E-state index in [1.165, 1.54) is 12.3 Å². The first-order valence-electron chi connectivity index (χ1n) is 6.92. The summed E-state index contributed by atoms with van der Waals surface area (Å²) in [5.41, 5.74) is 0. The van der Waals surface area contributed by atoms with E-state index in [9.17, 15) is 10.2 Å². The number of hydrogen-bond acceptors (Lipinski definition) is 5. The molecule has 4 N–H and O–H groups in total. The maximum Gasteiger partial charge on any atom is 0.201 e. The van der Waals surface area contributed by atoms with Crippen LogP contribution in [0.3, 0.4) is 0 Å². The Hall–Kier alpha value is -1.76. The largest absolute Gasteiger partial charge is 0.505 e. The van der Waals surface area contributed by atoms with Gasteiger partial charge in [-0.05, 0) is 18.2 Å². The number of aliphatic hydroxyl groups is 3. The van der Waals surface area contributed by atoms with Crippen molar-refractivity contribution in [3.8, 4) is 0 Å². The maximum absolute atomic E-state index is 9.84. The summed E-state index contributed by atoms with van der Waals surface area (Å²) < 4.78 is 10.7. The van der Waals surface area contributed by atoms with E-state index in [-0.39, 0.29) is 12.4 Å². The molecule has 1 aromatic heterocycles. The summed E-state index contributed by atoms with van der Waals surface area (Å²) in [6.07, 6.45) is 5.41. The Balaban J connectivity index is 2.02.